The van der Waals surface area contributed by atoms with Crippen LogP contribution in [0.25, 0.3) is 0 Å². The van der Waals surface area contributed by atoms with Crippen LogP contribution in [-0.2, 0) is 19.8 Å². The Kier molecular flexibility index (Phi) is 5.97. The molecule has 0 unspecified atom stereocenters. The molecule has 0 bridgehead atoms. The molecule has 0 aliphatic rings. The van der Waals surface area contributed by atoms with Gasteiger partial charge >= 0.3 is 6.18 Å². The zero-order chi connectivity index (χ0) is 18.9. The lowest BCUT2D eigenvalue weighted by Gasteiger charge is -2.07. The van der Waals surface area contributed by atoms with Gasteiger partial charge in [-0.15, -0.1) is 0 Å². The number of halogens is 5. The van der Waals surface area contributed by atoms with E-state index in [1.54, 1.807) is 0 Å². The van der Waals surface area contributed by atoms with Gasteiger partial charge in [0.15, 0.2) is 5.69 Å². The van der Waals surface area contributed by atoms with Crippen LogP contribution in [0.5, 0.6) is 0 Å². The lowest BCUT2D eigenvalue weighted by molar-refractivity contribution is -0.142. The number of nitrogens with one attached hydrogen (secondary N) is 1. The van der Waals surface area contributed by atoms with Gasteiger partial charge in [0.25, 0.3) is 5.91 Å². The van der Waals surface area contributed by atoms with E-state index >= 15 is 0 Å². The van der Waals surface area contributed by atoms with E-state index in [1.165, 1.54) is 7.05 Å². The zero-order valence-corrected chi connectivity index (χ0v) is 16.9. The van der Waals surface area contributed by atoms with Crippen LogP contribution in [0.3, 0.4) is 0 Å². The van der Waals surface area contributed by atoms with Crippen LogP contribution in [0.15, 0.2) is 8.95 Å². The molecule has 11 heteroatoms. The van der Waals surface area contributed by atoms with Crippen LogP contribution in [0.1, 0.15) is 34.0 Å². The summed E-state index contributed by atoms with van der Waals surface area (Å²) in [5.74, 6) is -0.619. The van der Waals surface area contributed by atoms with E-state index < -0.39 is 17.8 Å². The highest BCUT2D eigenvalue weighted by atomic mass is 79.9. The van der Waals surface area contributed by atoms with Gasteiger partial charge in [-0.25, -0.2) is 0 Å². The van der Waals surface area contributed by atoms with Gasteiger partial charge in [0, 0.05) is 25.8 Å². The molecule has 25 heavy (non-hydrogen) atoms. The van der Waals surface area contributed by atoms with Crippen molar-refractivity contribution in [3.05, 3.63) is 31.7 Å². The number of hydrogen-bond acceptors (Lipinski definition) is 3. The average Bonchev–Trinajstić information content (AvgIpc) is 2.94. The molecule has 0 radical (unpaired) electrons. The number of carbonyl (C=O) groups excluding carboxylic acids is 1. The van der Waals surface area contributed by atoms with Crippen LogP contribution < -0.4 is 5.32 Å². The Morgan fingerprint density at radius 1 is 1.20 bits per heavy atom. The molecule has 2 heterocycles. The third-order valence-corrected chi connectivity index (χ3v) is 5.50. The summed E-state index contributed by atoms with van der Waals surface area (Å²) in [5.41, 5.74) is 0.571. The monoisotopic (exact) mass is 485 g/mol. The SMILES string of the molecule is Cc1nn(CCCNC(=O)c2c(Br)c(C(F)(F)F)nn2C)c(C)c1Br. The lowest BCUT2D eigenvalue weighted by Crippen LogP contribution is -2.27. The van der Waals surface area contributed by atoms with Crippen LogP contribution in [-0.4, -0.2) is 32.0 Å². The van der Waals surface area contributed by atoms with E-state index in [1.807, 2.05) is 18.5 Å². The number of rotatable bonds is 5. The quantitative estimate of drug-likeness (QED) is 0.657. The molecule has 0 aromatic carbocycles. The fourth-order valence-electron chi connectivity index (χ4n) is 2.33. The largest absolute Gasteiger partial charge is 0.436 e. The molecule has 0 aliphatic heterocycles. The Hall–Kier alpha value is -1.36. The zero-order valence-electron chi connectivity index (χ0n) is 13.7. The summed E-state index contributed by atoms with van der Waals surface area (Å²) in [4.78, 5) is 12.2. The van der Waals surface area contributed by atoms with Crippen LogP contribution in [0, 0.1) is 13.8 Å². The highest BCUT2D eigenvalue weighted by Crippen LogP contribution is 2.35. The molecule has 2 rings (SSSR count). The minimum Gasteiger partial charge on any atom is -0.351 e. The molecule has 6 nitrogen and oxygen atoms in total. The van der Waals surface area contributed by atoms with Crippen LogP contribution in [0.4, 0.5) is 13.2 Å². The maximum atomic E-state index is 12.8. The van der Waals surface area contributed by atoms with Crippen LogP contribution in [0.2, 0.25) is 0 Å². The minimum absolute atomic E-state index is 0.166. The fraction of sp³-hybridized carbons (Fsp3) is 0.500. The van der Waals surface area contributed by atoms with E-state index in [0.29, 0.717) is 19.5 Å². The molecule has 138 valence electrons. The summed E-state index contributed by atoms with van der Waals surface area (Å²) >= 11 is 6.26. The van der Waals surface area contributed by atoms with Gasteiger partial charge in [-0.05, 0) is 52.1 Å². The second kappa shape index (κ2) is 7.48. The van der Waals surface area contributed by atoms with Gasteiger partial charge in [0.05, 0.1) is 14.6 Å². The summed E-state index contributed by atoms with van der Waals surface area (Å²) in [6.07, 6.45) is -4.04. The van der Waals surface area contributed by atoms with Gasteiger partial charge in [0.1, 0.15) is 5.69 Å². The molecule has 1 N–H and O–H groups in total. The third kappa shape index (κ3) is 4.25. The molecule has 0 spiro atoms. The number of alkyl halides is 3. The molecule has 2 aromatic rings. The smallest absolute Gasteiger partial charge is 0.351 e. The Labute approximate surface area is 159 Å². The molecule has 2 aromatic heterocycles. The summed E-state index contributed by atoms with van der Waals surface area (Å²) in [5, 5.41) is 10.3. The number of hydrogen-bond donors (Lipinski definition) is 1. The van der Waals surface area contributed by atoms with Gasteiger partial charge in [-0.2, -0.15) is 23.4 Å². The first kappa shape index (κ1) is 20.0. The van der Waals surface area contributed by atoms with E-state index in [4.69, 9.17) is 0 Å². The summed E-state index contributed by atoms with van der Waals surface area (Å²) < 4.78 is 41.8. The predicted molar refractivity (Wildman–Crippen MR) is 92.3 cm³/mol. The number of aromatic nitrogens is 4. The Morgan fingerprint density at radius 2 is 1.84 bits per heavy atom. The van der Waals surface area contributed by atoms with Crippen molar-refractivity contribution < 1.29 is 18.0 Å². The molecular weight excluding hydrogens is 471 g/mol. The minimum atomic E-state index is -4.63. The highest BCUT2D eigenvalue weighted by molar-refractivity contribution is 9.10. The first-order valence-electron chi connectivity index (χ1n) is 7.31. The van der Waals surface area contributed by atoms with E-state index in [2.05, 4.69) is 47.4 Å². The topological polar surface area (TPSA) is 64.7 Å². The highest BCUT2D eigenvalue weighted by Gasteiger charge is 2.39. The first-order chi connectivity index (χ1) is 11.5. The van der Waals surface area contributed by atoms with Gasteiger partial charge in [0.2, 0.25) is 0 Å². The van der Waals surface area contributed by atoms with Gasteiger partial charge in [-0.3, -0.25) is 14.2 Å². The number of nitrogens with zero attached hydrogens (tertiary/aromatic N) is 4. The van der Waals surface area contributed by atoms with Crippen molar-refractivity contribution in [2.24, 2.45) is 7.05 Å². The van der Waals surface area contributed by atoms with Crippen LogP contribution >= 0.6 is 31.9 Å². The van der Waals surface area contributed by atoms with Gasteiger partial charge < -0.3 is 5.32 Å². The Bertz CT molecular complexity index is 797. The third-order valence-electron chi connectivity index (χ3n) is 3.60. The number of carbonyl (C=O) groups is 1. The maximum absolute atomic E-state index is 12.8. The summed E-state index contributed by atoms with van der Waals surface area (Å²) in [6.45, 7) is 4.69. The first-order valence-corrected chi connectivity index (χ1v) is 8.90. The molecular formula is C14H16Br2F3N5O. The van der Waals surface area contributed by atoms with Gasteiger partial charge in [-0.1, -0.05) is 0 Å². The number of amides is 1. The number of aryl methyl sites for hydroxylation is 3. The van der Waals surface area contributed by atoms with Crippen molar-refractivity contribution in [3.8, 4) is 0 Å². The van der Waals surface area contributed by atoms with E-state index in [9.17, 15) is 18.0 Å². The van der Waals surface area contributed by atoms with Crippen molar-refractivity contribution in [1.82, 2.24) is 24.9 Å². The predicted octanol–water partition coefficient (Wildman–Crippen LogP) is 3.60. The second-order valence-electron chi connectivity index (χ2n) is 5.45. The van der Waals surface area contributed by atoms with E-state index in [0.717, 1.165) is 20.5 Å². The maximum Gasteiger partial charge on any atom is 0.436 e. The second-order valence-corrected chi connectivity index (χ2v) is 7.04. The summed E-state index contributed by atoms with van der Waals surface area (Å²) in [6, 6.07) is 0. The van der Waals surface area contributed by atoms with Crippen molar-refractivity contribution in [3.63, 3.8) is 0 Å². The van der Waals surface area contributed by atoms with Crippen molar-refractivity contribution in [2.45, 2.75) is 33.0 Å². The average molecular weight is 487 g/mol. The fourth-order valence-corrected chi connectivity index (χ4v) is 3.36. The van der Waals surface area contributed by atoms with Crippen molar-refractivity contribution in [2.75, 3.05) is 6.54 Å². The molecule has 0 fully saturated rings. The normalized spacial score (nSPS) is 11.8. The Morgan fingerprint density at radius 3 is 2.32 bits per heavy atom. The molecule has 0 saturated carbocycles. The van der Waals surface area contributed by atoms with Crippen molar-refractivity contribution in [1.29, 1.82) is 0 Å². The lowest BCUT2D eigenvalue weighted by atomic mass is 10.3. The summed E-state index contributed by atoms with van der Waals surface area (Å²) in [7, 11) is 1.29. The standard InChI is InChI=1S/C14H16Br2F3N5O/c1-7-9(15)8(2)24(21-7)6-4-5-20-13(25)11-10(16)12(14(17,18)19)22-23(11)3/h4-6H2,1-3H3,(H,20,25). The molecule has 0 atom stereocenters. The molecule has 0 saturated heterocycles. The Balaban J connectivity index is 1.97. The molecule has 0 aliphatic carbocycles. The molecule has 1 amide bonds. The van der Waals surface area contributed by atoms with Crippen molar-refractivity contribution >= 4 is 37.8 Å². The van der Waals surface area contributed by atoms with E-state index in [-0.39, 0.29) is 10.2 Å².